The summed E-state index contributed by atoms with van der Waals surface area (Å²) in [6.07, 6.45) is 0. The lowest BCUT2D eigenvalue weighted by atomic mass is 10.1. The monoisotopic (exact) mass is 428 g/mol. The minimum Gasteiger partial charge on any atom is -0.339 e. The van der Waals surface area contributed by atoms with Crippen LogP contribution in [0, 0.1) is 20.8 Å². The normalized spacial score (nSPS) is 14.9. The first-order chi connectivity index (χ1) is 14.3. The van der Waals surface area contributed by atoms with Crippen LogP contribution in [-0.2, 0) is 16.1 Å². The molecule has 2 amide bonds. The van der Waals surface area contributed by atoms with Crippen molar-refractivity contribution in [3.63, 3.8) is 0 Å². The molecule has 1 aliphatic heterocycles. The Morgan fingerprint density at radius 1 is 1.07 bits per heavy atom. The van der Waals surface area contributed by atoms with Crippen molar-refractivity contribution in [2.75, 3.05) is 51.6 Å². The zero-order valence-electron chi connectivity index (χ0n) is 18.4. The fraction of sp³-hybridized carbons (Fsp3) is 0.478. The molecule has 0 spiro atoms. The number of benzene rings is 1. The smallest absolute Gasteiger partial charge is 0.238 e. The summed E-state index contributed by atoms with van der Waals surface area (Å²) in [7, 11) is 1.82. The van der Waals surface area contributed by atoms with E-state index >= 15 is 0 Å². The molecule has 162 valence electrons. The van der Waals surface area contributed by atoms with Gasteiger partial charge in [0.05, 0.1) is 13.1 Å². The average Bonchev–Trinajstić information content (AvgIpc) is 3.18. The van der Waals surface area contributed by atoms with Gasteiger partial charge >= 0.3 is 0 Å². The number of hydrogen-bond donors (Lipinski definition) is 1. The van der Waals surface area contributed by atoms with Crippen LogP contribution >= 0.6 is 11.3 Å². The van der Waals surface area contributed by atoms with Gasteiger partial charge in [0.2, 0.25) is 11.8 Å². The van der Waals surface area contributed by atoms with E-state index in [9.17, 15) is 9.59 Å². The summed E-state index contributed by atoms with van der Waals surface area (Å²) in [5.74, 6) is -0.00936. The zero-order chi connectivity index (χ0) is 21.7. The van der Waals surface area contributed by atoms with Gasteiger partial charge in [-0.1, -0.05) is 23.8 Å². The van der Waals surface area contributed by atoms with Crippen molar-refractivity contribution in [2.45, 2.75) is 27.3 Å². The second kappa shape index (κ2) is 10.2. The van der Waals surface area contributed by atoms with Crippen molar-refractivity contribution in [3.05, 3.63) is 51.2 Å². The maximum Gasteiger partial charge on any atom is 0.238 e. The highest BCUT2D eigenvalue weighted by molar-refractivity contribution is 7.09. The summed E-state index contributed by atoms with van der Waals surface area (Å²) in [6.45, 7) is 10.7. The molecule has 1 saturated heterocycles. The molecular weight excluding hydrogens is 396 g/mol. The second-order valence-corrected chi connectivity index (χ2v) is 9.26. The minimum atomic E-state index is -0.0962. The molecule has 1 fully saturated rings. The van der Waals surface area contributed by atoms with Crippen molar-refractivity contribution < 1.29 is 9.59 Å². The maximum absolute atomic E-state index is 12.7. The van der Waals surface area contributed by atoms with Crippen molar-refractivity contribution >= 4 is 28.8 Å². The maximum atomic E-state index is 12.7. The van der Waals surface area contributed by atoms with E-state index in [-0.39, 0.29) is 24.9 Å². The fourth-order valence-corrected chi connectivity index (χ4v) is 4.71. The van der Waals surface area contributed by atoms with Crippen LogP contribution in [-0.4, -0.2) is 72.8 Å². The Morgan fingerprint density at radius 3 is 2.33 bits per heavy atom. The van der Waals surface area contributed by atoms with E-state index in [1.807, 2.05) is 32.7 Å². The summed E-state index contributed by atoms with van der Waals surface area (Å²) >= 11 is 1.77. The first-order valence-corrected chi connectivity index (χ1v) is 11.3. The van der Waals surface area contributed by atoms with Gasteiger partial charge in [-0.15, -0.1) is 11.3 Å². The van der Waals surface area contributed by atoms with Gasteiger partial charge in [0.1, 0.15) is 0 Å². The molecule has 1 aromatic heterocycles. The topological polar surface area (TPSA) is 55.9 Å². The molecule has 0 bridgehead atoms. The number of aryl methyl sites for hydroxylation is 3. The Kier molecular flexibility index (Phi) is 7.64. The van der Waals surface area contributed by atoms with E-state index in [1.54, 1.807) is 16.2 Å². The molecule has 3 rings (SSSR count). The van der Waals surface area contributed by atoms with Gasteiger partial charge in [0.15, 0.2) is 0 Å². The molecule has 30 heavy (non-hydrogen) atoms. The Hall–Kier alpha value is -2.22. The Labute approximate surface area is 183 Å². The number of likely N-dealkylation sites (N-methyl/N-ethyl adjacent to an activating group) is 1. The van der Waals surface area contributed by atoms with Gasteiger partial charge in [-0.3, -0.25) is 19.4 Å². The van der Waals surface area contributed by atoms with Crippen LogP contribution in [0.15, 0.2) is 29.6 Å². The van der Waals surface area contributed by atoms with Crippen LogP contribution < -0.4 is 5.32 Å². The highest BCUT2D eigenvalue weighted by Gasteiger charge is 2.22. The van der Waals surface area contributed by atoms with E-state index in [2.05, 4.69) is 39.9 Å². The average molecular weight is 429 g/mol. The Balaban J connectivity index is 1.43. The van der Waals surface area contributed by atoms with Crippen molar-refractivity contribution in [2.24, 2.45) is 0 Å². The van der Waals surface area contributed by atoms with Crippen LogP contribution in [0.2, 0.25) is 0 Å². The van der Waals surface area contributed by atoms with Gasteiger partial charge in [-0.25, -0.2) is 0 Å². The van der Waals surface area contributed by atoms with E-state index < -0.39 is 0 Å². The van der Waals surface area contributed by atoms with Gasteiger partial charge in [-0.2, -0.15) is 0 Å². The van der Waals surface area contributed by atoms with Crippen molar-refractivity contribution in [3.8, 4) is 0 Å². The van der Waals surface area contributed by atoms with E-state index in [0.717, 1.165) is 49.5 Å². The van der Waals surface area contributed by atoms with Crippen molar-refractivity contribution in [1.82, 2.24) is 14.7 Å². The van der Waals surface area contributed by atoms with Crippen LogP contribution in [0.5, 0.6) is 0 Å². The third-order valence-electron chi connectivity index (χ3n) is 5.44. The summed E-state index contributed by atoms with van der Waals surface area (Å²) < 4.78 is 0. The summed E-state index contributed by atoms with van der Waals surface area (Å²) in [5, 5.41) is 5.10. The first kappa shape index (κ1) is 22.5. The molecule has 0 radical (unpaired) electrons. The quantitative estimate of drug-likeness (QED) is 0.737. The molecule has 0 unspecified atom stereocenters. The lowest BCUT2D eigenvalue weighted by Crippen LogP contribution is -2.51. The lowest BCUT2D eigenvalue weighted by molar-refractivity contribution is -0.134. The number of carbonyl (C=O) groups is 2. The molecule has 1 aromatic carbocycles. The predicted octanol–water partition coefficient (Wildman–Crippen LogP) is 2.89. The van der Waals surface area contributed by atoms with Crippen molar-refractivity contribution in [1.29, 1.82) is 0 Å². The second-order valence-electron chi connectivity index (χ2n) is 8.23. The third-order valence-corrected chi connectivity index (χ3v) is 6.31. The third kappa shape index (κ3) is 6.14. The summed E-state index contributed by atoms with van der Waals surface area (Å²) in [5.41, 5.74) is 4.16. The molecule has 0 saturated carbocycles. The van der Waals surface area contributed by atoms with E-state index in [0.29, 0.717) is 0 Å². The van der Waals surface area contributed by atoms with Crippen LogP contribution in [0.4, 0.5) is 5.69 Å². The highest BCUT2D eigenvalue weighted by Crippen LogP contribution is 2.21. The van der Waals surface area contributed by atoms with Crippen LogP contribution in [0.1, 0.15) is 21.6 Å². The number of amides is 2. The number of piperazine rings is 1. The van der Waals surface area contributed by atoms with Crippen LogP contribution in [0.3, 0.4) is 0 Å². The van der Waals surface area contributed by atoms with Gasteiger partial charge in [0, 0.05) is 43.3 Å². The number of rotatable bonds is 7. The number of anilines is 1. The largest absolute Gasteiger partial charge is 0.339 e. The SMILES string of the molecule is Cc1cc(C)c(NC(=O)CN(C)CC(=O)N2CCN(Cc3cccs3)CC2)c(C)c1. The number of hydrogen-bond acceptors (Lipinski definition) is 5. The standard InChI is InChI=1S/C23H32N4O2S/c1-17-12-18(2)23(19(3)13-17)24-21(28)15-25(4)16-22(29)27-9-7-26(8-10-27)14-20-6-5-11-30-20/h5-6,11-13H,7-10,14-16H2,1-4H3,(H,24,28). The molecule has 7 heteroatoms. The molecule has 0 atom stereocenters. The van der Waals surface area contributed by atoms with Gasteiger partial charge in [0.25, 0.3) is 0 Å². The molecular formula is C23H32N4O2S. The van der Waals surface area contributed by atoms with Crippen LogP contribution in [0.25, 0.3) is 0 Å². The first-order valence-electron chi connectivity index (χ1n) is 10.4. The molecule has 2 aromatic rings. The highest BCUT2D eigenvalue weighted by atomic mass is 32.1. The van der Waals surface area contributed by atoms with E-state index in [1.165, 1.54) is 10.4 Å². The number of nitrogens with one attached hydrogen (secondary N) is 1. The van der Waals surface area contributed by atoms with Gasteiger partial charge in [-0.05, 0) is 50.4 Å². The zero-order valence-corrected chi connectivity index (χ0v) is 19.2. The molecule has 1 N–H and O–H groups in total. The summed E-state index contributed by atoms with van der Waals surface area (Å²) in [4.78, 5) is 32.6. The molecule has 0 aliphatic carbocycles. The molecule has 6 nitrogen and oxygen atoms in total. The summed E-state index contributed by atoms with van der Waals surface area (Å²) in [6, 6.07) is 8.36. The fourth-order valence-electron chi connectivity index (χ4n) is 3.97. The molecule has 1 aliphatic rings. The Morgan fingerprint density at radius 2 is 1.73 bits per heavy atom. The van der Waals surface area contributed by atoms with E-state index in [4.69, 9.17) is 0 Å². The lowest BCUT2D eigenvalue weighted by Gasteiger charge is -2.35. The predicted molar refractivity (Wildman–Crippen MR) is 123 cm³/mol. The minimum absolute atomic E-state index is 0.0868. The molecule has 2 heterocycles. The number of nitrogens with zero attached hydrogens (tertiary/aromatic N) is 3. The van der Waals surface area contributed by atoms with Gasteiger partial charge < -0.3 is 10.2 Å². The number of carbonyl (C=O) groups excluding carboxylic acids is 2. The number of thiophene rings is 1. The Bertz CT molecular complexity index is 850.